The van der Waals surface area contributed by atoms with Crippen LogP contribution in [0.4, 0.5) is 0 Å². The number of hydrogen-bond donors (Lipinski definition) is 0. The number of carbonyl (C=O) groups is 1. The molecule has 0 bridgehead atoms. The lowest BCUT2D eigenvalue weighted by Crippen LogP contribution is -2.47. The predicted octanol–water partition coefficient (Wildman–Crippen LogP) is 3.04. The fourth-order valence-electron chi connectivity index (χ4n) is 3.90. The van der Waals surface area contributed by atoms with E-state index in [0.29, 0.717) is 5.56 Å². The van der Waals surface area contributed by atoms with Crippen molar-refractivity contribution < 1.29 is 9.53 Å². The van der Waals surface area contributed by atoms with E-state index in [4.69, 9.17) is 4.74 Å². The van der Waals surface area contributed by atoms with E-state index < -0.39 is 0 Å². The molecule has 1 amide bonds. The van der Waals surface area contributed by atoms with Gasteiger partial charge in [-0.2, -0.15) is 0 Å². The van der Waals surface area contributed by atoms with Gasteiger partial charge in [-0.3, -0.25) is 9.78 Å². The summed E-state index contributed by atoms with van der Waals surface area (Å²) < 4.78 is 6.19. The average molecular weight is 310 g/mol. The van der Waals surface area contributed by atoms with E-state index in [1.54, 1.807) is 6.20 Å². The fourth-order valence-corrected chi connectivity index (χ4v) is 3.90. The number of piperidine rings is 1. The number of fused-ring (bicyclic) bond motifs is 2. The fraction of sp³-hybridized carbons (Fsp3) is 0.474. The molecule has 4 rings (SSSR count). The Bertz CT molecular complexity index is 680. The highest BCUT2D eigenvalue weighted by Crippen LogP contribution is 2.44. The van der Waals surface area contributed by atoms with Crippen LogP contribution in [0.15, 0.2) is 41.6 Å². The Kier molecular flexibility index (Phi) is 3.57. The highest BCUT2D eigenvalue weighted by Gasteiger charge is 2.45. The summed E-state index contributed by atoms with van der Waals surface area (Å²) in [4.78, 5) is 18.8. The summed E-state index contributed by atoms with van der Waals surface area (Å²) in [6, 6.07) is 3.76. The van der Waals surface area contributed by atoms with Gasteiger partial charge in [0.1, 0.15) is 0 Å². The molecule has 0 unspecified atom stereocenters. The van der Waals surface area contributed by atoms with Crippen LogP contribution in [0.2, 0.25) is 0 Å². The molecule has 3 heterocycles. The second-order valence-electron chi connectivity index (χ2n) is 6.69. The van der Waals surface area contributed by atoms with Crippen LogP contribution in [0.5, 0.6) is 0 Å². The molecule has 1 spiro atoms. The number of nitrogens with zero attached hydrogens (tertiary/aromatic N) is 2. The number of likely N-dealkylation sites (tertiary alicyclic amines) is 1. The molecular formula is C19H22N2O2. The number of amides is 1. The number of ether oxygens (including phenoxy) is 1. The van der Waals surface area contributed by atoms with E-state index in [1.807, 2.05) is 24.0 Å². The van der Waals surface area contributed by atoms with Crippen molar-refractivity contribution in [2.45, 2.75) is 38.2 Å². The number of rotatable bonds is 1. The van der Waals surface area contributed by atoms with Gasteiger partial charge in [0, 0.05) is 25.0 Å². The zero-order chi connectivity index (χ0) is 15.9. The summed E-state index contributed by atoms with van der Waals surface area (Å²) in [7, 11) is 0. The molecule has 1 aromatic heterocycles. The Morgan fingerprint density at radius 1 is 1.22 bits per heavy atom. The molecule has 0 saturated carbocycles. The SMILES string of the molecule is Cc1ccc(C(=O)N2CCC3(CC2)OCC2=CCCC=C23)cn1. The smallest absolute Gasteiger partial charge is 0.255 e. The molecule has 1 aliphatic carbocycles. The van der Waals surface area contributed by atoms with Gasteiger partial charge < -0.3 is 9.64 Å². The second-order valence-corrected chi connectivity index (χ2v) is 6.69. The largest absolute Gasteiger partial charge is 0.365 e. The van der Waals surface area contributed by atoms with Crippen molar-refractivity contribution in [3.63, 3.8) is 0 Å². The number of carbonyl (C=O) groups excluding carboxylic acids is 1. The molecule has 0 N–H and O–H groups in total. The first-order valence-electron chi connectivity index (χ1n) is 8.44. The van der Waals surface area contributed by atoms with Crippen LogP contribution in [0.3, 0.4) is 0 Å². The van der Waals surface area contributed by atoms with E-state index in [9.17, 15) is 4.79 Å². The molecule has 0 aromatic carbocycles. The minimum Gasteiger partial charge on any atom is -0.365 e. The normalized spacial score (nSPS) is 22.6. The lowest BCUT2D eigenvalue weighted by atomic mass is 9.80. The van der Waals surface area contributed by atoms with E-state index in [1.165, 1.54) is 11.1 Å². The minimum atomic E-state index is -0.144. The van der Waals surface area contributed by atoms with Crippen molar-refractivity contribution in [1.29, 1.82) is 0 Å². The van der Waals surface area contributed by atoms with Crippen molar-refractivity contribution in [3.05, 3.63) is 52.9 Å². The Labute approximate surface area is 136 Å². The van der Waals surface area contributed by atoms with Gasteiger partial charge in [0.15, 0.2) is 0 Å². The molecule has 23 heavy (non-hydrogen) atoms. The summed E-state index contributed by atoms with van der Waals surface area (Å²) >= 11 is 0. The lowest BCUT2D eigenvalue weighted by molar-refractivity contribution is -0.0191. The van der Waals surface area contributed by atoms with Crippen LogP contribution >= 0.6 is 0 Å². The van der Waals surface area contributed by atoms with Crippen molar-refractivity contribution >= 4 is 5.91 Å². The summed E-state index contributed by atoms with van der Waals surface area (Å²) in [5.74, 6) is 0.0822. The number of aromatic nitrogens is 1. The standard InChI is InChI=1S/C19H22N2O2/c1-14-6-7-15(12-20-14)18(22)21-10-8-19(9-11-21)17-5-3-2-4-16(17)13-23-19/h4-7,12H,2-3,8-11,13H2,1H3. The van der Waals surface area contributed by atoms with Crippen LogP contribution in [-0.2, 0) is 4.74 Å². The third-order valence-corrected chi connectivity index (χ3v) is 5.26. The van der Waals surface area contributed by atoms with Crippen molar-refractivity contribution in [2.24, 2.45) is 0 Å². The summed E-state index contributed by atoms with van der Waals surface area (Å²) in [5, 5.41) is 0. The Balaban J connectivity index is 1.47. The molecular weight excluding hydrogens is 288 g/mol. The minimum absolute atomic E-state index is 0.0822. The van der Waals surface area contributed by atoms with Gasteiger partial charge >= 0.3 is 0 Å². The van der Waals surface area contributed by atoms with Crippen LogP contribution in [0.25, 0.3) is 0 Å². The van der Waals surface area contributed by atoms with Gasteiger partial charge in [0.2, 0.25) is 0 Å². The van der Waals surface area contributed by atoms with Crippen LogP contribution < -0.4 is 0 Å². The zero-order valence-corrected chi connectivity index (χ0v) is 13.5. The highest BCUT2D eigenvalue weighted by molar-refractivity contribution is 5.94. The number of pyridine rings is 1. The molecule has 0 radical (unpaired) electrons. The predicted molar refractivity (Wildman–Crippen MR) is 88.2 cm³/mol. The Morgan fingerprint density at radius 2 is 2.00 bits per heavy atom. The Morgan fingerprint density at radius 3 is 2.74 bits per heavy atom. The van der Waals surface area contributed by atoms with Gasteiger partial charge in [-0.15, -0.1) is 0 Å². The number of allylic oxidation sites excluding steroid dienone is 2. The first-order chi connectivity index (χ1) is 11.2. The van der Waals surface area contributed by atoms with E-state index >= 15 is 0 Å². The maximum atomic E-state index is 12.6. The summed E-state index contributed by atoms with van der Waals surface area (Å²) in [6.07, 6.45) is 10.4. The first kappa shape index (κ1) is 14.6. The lowest BCUT2D eigenvalue weighted by Gasteiger charge is -2.39. The van der Waals surface area contributed by atoms with Crippen LogP contribution in [0.1, 0.15) is 41.7 Å². The molecule has 2 fully saturated rings. The molecule has 120 valence electrons. The molecule has 4 heteroatoms. The maximum Gasteiger partial charge on any atom is 0.255 e. The van der Waals surface area contributed by atoms with Gasteiger partial charge in [0.05, 0.1) is 17.8 Å². The second kappa shape index (κ2) is 5.60. The van der Waals surface area contributed by atoms with Crippen molar-refractivity contribution in [3.8, 4) is 0 Å². The zero-order valence-electron chi connectivity index (χ0n) is 13.5. The topological polar surface area (TPSA) is 42.4 Å². The van der Waals surface area contributed by atoms with E-state index in [-0.39, 0.29) is 11.5 Å². The molecule has 3 aliphatic rings. The van der Waals surface area contributed by atoms with Gasteiger partial charge in [-0.1, -0.05) is 12.2 Å². The van der Waals surface area contributed by atoms with Gasteiger partial charge in [-0.05, 0) is 55.9 Å². The summed E-state index contributed by atoms with van der Waals surface area (Å²) in [6.45, 7) is 4.16. The van der Waals surface area contributed by atoms with E-state index in [0.717, 1.165) is 51.1 Å². The van der Waals surface area contributed by atoms with Crippen molar-refractivity contribution in [1.82, 2.24) is 9.88 Å². The number of hydrogen-bond acceptors (Lipinski definition) is 3. The monoisotopic (exact) mass is 310 g/mol. The molecule has 0 atom stereocenters. The maximum absolute atomic E-state index is 12.6. The number of aryl methyl sites for hydroxylation is 1. The molecule has 2 saturated heterocycles. The van der Waals surface area contributed by atoms with Crippen LogP contribution in [-0.4, -0.2) is 41.1 Å². The first-order valence-corrected chi connectivity index (χ1v) is 8.44. The quantitative estimate of drug-likeness (QED) is 0.800. The third kappa shape index (κ3) is 2.51. The molecule has 1 aromatic rings. The average Bonchev–Trinajstić information content (AvgIpc) is 2.95. The molecule has 2 aliphatic heterocycles. The Hall–Kier alpha value is -1.94. The van der Waals surface area contributed by atoms with Gasteiger partial charge in [-0.25, -0.2) is 0 Å². The summed E-state index contributed by atoms with van der Waals surface area (Å²) in [5.41, 5.74) is 4.24. The molecule has 4 nitrogen and oxygen atoms in total. The highest BCUT2D eigenvalue weighted by atomic mass is 16.5. The third-order valence-electron chi connectivity index (χ3n) is 5.26. The van der Waals surface area contributed by atoms with Crippen LogP contribution in [0, 0.1) is 6.92 Å². The van der Waals surface area contributed by atoms with Gasteiger partial charge in [0.25, 0.3) is 5.91 Å². The van der Waals surface area contributed by atoms with E-state index in [2.05, 4.69) is 17.1 Å². The van der Waals surface area contributed by atoms with Crippen molar-refractivity contribution in [2.75, 3.05) is 19.7 Å².